The van der Waals surface area contributed by atoms with Gasteiger partial charge in [-0.25, -0.2) is 8.42 Å². The van der Waals surface area contributed by atoms with E-state index in [1.165, 1.54) is 12.1 Å². The third-order valence-corrected chi connectivity index (χ3v) is 5.81. The van der Waals surface area contributed by atoms with Crippen LogP contribution in [-0.2, 0) is 10.0 Å². The maximum Gasteiger partial charge on any atom is 0.264 e. The van der Waals surface area contributed by atoms with Crippen molar-refractivity contribution in [3.05, 3.63) is 50.9 Å². The Bertz CT molecular complexity index is 784. The van der Waals surface area contributed by atoms with Crippen molar-refractivity contribution in [2.75, 3.05) is 10.1 Å². The molecule has 0 aliphatic rings. The van der Waals surface area contributed by atoms with Gasteiger partial charge in [0.15, 0.2) is 0 Å². The number of nitrogens with one attached hydrogen (secondary N) is 2. The van der Waals surface area contributed by atoms with Crippen LogP contribution in [0.25, 0.3) is 0 Å². The number of halogens is 3. The standard InChI is InChI=1S/C12H10BrCl2N3O2S/c13-7-5-6-9(12(15)11(7)14)18-21(19,20)10-4-2-1-3-8(10)17-16/h1-6,17-18H,16H2. The summed E-state index contributed by atoms with van der Waals surface area (Å²) < 4.78 is 27.8. The number of rotatable bonds is 4. The summed E-state index contributed by atoms with van der Waals surface area (Å²) in [6, 6.07) is 9.33. The molecule has 0 aliphatic heterocycles. The highest BCUT2D eigenvalue weighted by Gasteiger charge is 2.20. The average molecular weight is 411 g/mol. The molecule has 112 valence electrons. The predicted octanol–water partition coefficient (Wildman–Crippen LogP) is 3.84. The number of nitrogen functional groups attached to an aromatic ring is 1. The van der Waals surface area contributed by atoms with Crippen LogP contribution < -0.4 is 16.0 Å². The Morgan fingerprint density at radius 2 is 1.67 bits per heavy atom. The molecule has 0 saturated heterocycles. The second kappa shape index (κ2) is 6.41. The van der Waals surface area contributed by atoms with Crippen LogP contribution in [0.4, 0.5) is 11.4 Å². The van der Waals surface area contributed by atoms with Crippen LogP contribution >= 0.6 is 39.1 Å². The van der Waals surface area contributed by atoms with E-state index in [1.807, 2.05) is 0 Å². The number of hydrazine groups is 1. The highest BCUT2D eigenvalue weighted by atomic mass is 79.9. The van der Waals surface area contributed by atoms with Crippen molar-refractivity contribution < 1.29 is 8.42 Å². The predicted molar refractivity (Wildman–Crippen MR) is 89.2 cm³/mol. The number of anilines is 2. The fourth-order valence-corrected chi connectivity index (χ4v) is 3.75. The smallest absolute Gasteiger partial charge is 0.264 e. The van der Waals surface area contributed by atoms with E-state index in [1.54, 1.807) is 24.3 Å². The van der Waals surface area contributed by atoms with Gasteiger partial charge in [-0.3, -0.25) is 10.6 Å². The largest absolute Gasteiger partial charge is 0.323 e. The zero-order chi connectivity index (χ0) is 15.6. The van der Waals surface area contributed by atoms with Gasteiger partial charge in [-0.15, -0.1) is 0 Å². The van der Waals surface area contributed by atoms with Crippen molar-refractivity contribution in [1.29, 1.82) is 0 Å². The van der Waals surface area contributed by atoms with Crippen LogP contribution in [0.2, 0.25) is 10.0 Å². The Labute approximate surface area is 140 Å². The zero-order valence-electron chi connectivity index (χ0n) is 10.4. The summed E-state index contributed by atoms with van der Waals surface area (Å²) in [5.74, 6) is 5.32. The first-order chi connectivity index (χ1) is 9.86. The Morgan fingerprint density at radius 1 is 1.00 bits per heavy atom. The normalized spacial score (nSPS) is 11.2. The monoisotopic (exact) mass is 409 g/mol. The lowest BCUT2D eigenvalue weighted by Crippen LogP contribution is -2.17. The minimum atomic E-state index is -3.86. The number of sulfonamides is 1. The number of hydrogen-bond acceptors (Lipinski definition) is 4. The van der Waals surface area contributed by atoms with E-state index in [2.05, 4.69) is 26.1 Å². The first kappa shape index (κ1) is 16.4. The minimum Gasteiger partial charge on any atom is -0.323 e. The number of nitrogens with two attached hydrogens (primary N) is 1. The van der Waals surface area contributed by atoms with Gasteiger partial charge in [-0.1, -0.05) is 35.3 Å². The summed E-state index contributed by atoms with van der Waals surface area (Å²) >= 11 is 15.2. The van der Waals surface area contributed by atoms with E-state index in [0.717, 1.165) is 0 Å². The molecule has 2 rings (SSSR count). The molecular weight excluding hydrogens is 401 g/mol. The Balaban J connectivity index is 2.45. The van der Waals surface area contributed by atoms with E-state index in [0.29, 0.717) is 4.47 Å². The van der Waals surface area contributed by atoms with E-state index in [9.17, 15) is 8.42 Å². The van der Waals surface area contributed by atoms with Gasteiger partial charge in [-0.05, 0) is 40.2 Å². The maximum absolute atomic E-state index is 12.4. The first-order valence-corrected chi connectivity index (χ1v) is 8.62. The molecule has 2 aromatic rings. The molecule has 0 heterocycles. The Hall–Kier alpha value is -0.990. The highest BCUT2D eigenvalue weighted by molar-refractivity contribution is 9.10. The van der Waals surface area contributed by atoms with Crippen LogP contribution in [0, 0.1) is 0 Å². The zero-order valence-corrected chi connectivity index (χ0v) is 14.3. The van der Waals surface area contributed by atoms with Gasteiger partial charge in [0.05, 0.1) is 21.4 Å². The van der Waals surface area contributed by atoms with E-state index < -0.39 is 10.0 Å². The molecule has 0 amide bonds. The summed E-state index contributed by atoms with van der Waals surface area (Å²) in [4.78, 5) is 0.00241. The topological polar surface area (TPSA) is 84.2 Å². The summed E-state index contributed by atoms with van der Waals surface area (Å²) in [5.41, 5.74) is 2.78. The first-order valence-electron chi connectivity index (χ1n) is 5.59. The van der Waals surface area contributed by atoms with E-state index >= 15 is 0 Å². The molecule has 0 bridgehead atoms. The van der Waals surface area contributed by atoms with Crippen LogP contribution in [0.5, 0.6) is 0 Å². The molecule has 0 unspecified atom stereocenters. The minimum absolute atomic E-state index is 0.00241. The molecule has 21 heavy (non-hydrogen) atoms. The van der Waals surface area contributed by atoms with Gasteiger partial charge < -0.3 is 5.43 Å². The lowest BCUT2D eigenvalue weighted by molar-refractivity contribution is 0.601. The summed E-state index contributed by atoms with van der Waals surface area (Å²) in [5, 5.41) is 0.329. The van der Waals surface area contributed by atoms with Gasteiger partial charge in [0.2, 0.25) is 0 Å². The van der Waals surface area contributed by atoms with Crippen molar-refractivity contribution in [2.24, 2.45) is 5.84 Å². The second-order valence-corrected chi connectivity index (χ2v) is 7.23. The van der Waals surface area contributed by atoms with Crippen molar-refractivity contribution in [3.8, 4) is 0 Å². The lowest BCUT2D eigenvalue weighted by Gasteiger charge is -2.13. The van der Waals surface area contributed by atoms with Crippen molar-refractivity contribution in [1.82, 2.24) is 0 Å². The molecule has 0 saturated carbocycles. The second-order valence-electron chi connectivity index (χ2n) is 3.97. The van der Waals surface area contributed by atoms with Crippen molar-refractivity contribution in [2.45, 2.75) is 4.90 Å². The third kappa shape index (κ3) is 3.44. The number of para-hydroxylation sites is 1. The van der Waals surface area contributed by atoms with E-state index in [-0.39, 0.29) is 26.3 Å². The molecule has 5 nitrogen and oxygen atoms in total. The van der Waals surface area contributed by atoms with Gasteiger partial charge in [0.25, 0.3) is 10.0 Å². The van der Waals surface area contributed by atoms with Crippen LogP contribution in [0.15, 0.2) is 45.8 Å². The molecule has 0 spiro atoms. The molecule has 9 heteroatoms. The molecular formula is C12H10BrCl2N3O2S. The van der Waals surface area contributed by atoms with Crippen molar-refractivity contribution >= 4 is 60.5 Å². The van der Waals surface area contributed by atoms with Crippen LogP contribution in [0.3, 0.4) is 0 Å². The van der Waals surface area contributed by atoms with Crippen LogP contribution in [0.1, 0.15) is 0 Å². The summed E-state index contributed by atoms with van der Waals surface area (Å²) in [7, 11) is -3.86. The molecule has 0 atom stereocenters. The fraction of sp³-hybridized carbons (Fsp3) is 0. The number of benzene rings is 2. The maximum atomic E-state index is 12.4. The molecule has 0 aliphatic carbocycles. The van der Waals surface area contributed by atoms with E-state index in [4.69, 9.17) is 29.0 Å². The Morgan fingerprint density at radius 3 is 2.33 bits per heavy atom. The SMILES string of the molecule is NNc1ccccc1S(=O)(=O)Nc1ccc(Br)c(Cl)c1Cl. The molecule has 0 fully saturated rings. The van der Waals surface area contributed by atoms with Gasteiger partial charge in [0.1, 0.15) is 4.90 Å². The number of hydrogen-bond donors (Lipinski definition) is 3. The Kier molecular flexibility index (Phi) is 5.00. The molecule has 0 aromatic heterocycles. The average Bonchev–Trinajstić information content (AvgIpc) is 2.48. The summed E-state index contributed by atoms with van der Waals surface area (Å²) in [6.07, 6.45) is 0. The molecule has 2 aromatic carbocycles. The van der Waals surface area contributed by atoms with Gasteiger partial charge in [-0.2, -0.15) is 0 Å². The summed E-state index contributed by atoms with van der Waals surface area (Å²) in [6.45, 7) is 0. The third-order valence-electron chi connectivity index (χ3n) is 2.61. The van der Waals surface area contributed by atoms with Crippen LogP contribution in [-0.4, -0.2) is 8.42 Å². The van der Waals surface area contributed by atoms with Gasteiger partial charge >= 0.3 is 0 Å². The van der Waals surface area contributed by atoms with Crippen molar-refractivity contribution in [3.63, 3.8) is 0 Å². The quantitative estimate of drug-likeness (QED) is 0.406. The highest BCUT2D eigenvalue weighted by Crippen LogP contribution is 2.37. The molecule has 0 radical (unpaired) electrons. The van der Waals surface area contributed by atoms with Gasteiger partial charge in [0, 0.05) is 4.47 Å². The lowest BCUT2D eigenvalue weighted by atomic mass is 10.3. The fourth-order valence-electron chi connectivity index (χ4n) is 1.62. The molecule has 4 N–H and O–H groups in total.